The van der Waals surface area contributed by atoms with Gasteiger partial charge in [-0.05, 0) is 25.5 Å². The first-order valence-electron chi connectivity index (χ1n) is 7.35. The second kappa shape index (κ2) is 7.41. The lowest BCUT2D eigenvalue weighted by atomic mass is 10.0. The molecule has 1 aliphatic rings. The first-order chi connectivity index (χ1) is 9.70. The summed E-state index contributed by atoms with van der Waals surface area (Å²) < 4.78 is 5.44. The molecule has 1 fully saturated rings. The summed E-state index contributed by atoms with van der Waals surface area (Å²) in [6, 6.07) is 8.35. The molecule has 1 aromatic carbocycles. The van der Waals surface area contributed by atoms with E-state index in [1.54, 1.807) is 0 Å². The Balaban J connectivity index is 1.84. The highest BCUT2D eigenvalue weighted by atomic mass is 16.5. The standard InChI is InChI=1S/C16H24N2O2/c1-3-7-17-15-11-20-10-14(15)16(19)18-9-13-6-4-5-12(2)8-13/h4-6,8,14-15,17H,3,7,9-11H2,1-2H3,(H,18,19). The van der Waals surface area contributed by atoms with E-state index < -0.39 is 0 Å². The maximum absolute atomic E-state index is 12.2. The quantitative estimate of drug-likeness (QED) is 0.830. The average Bonchev–Trinajstić information content (AvgIpc) is 2.91. The summed E-state index contributed by atoms with van der Waals surface area (Å²) in [4.78, 5) is 12.2. The van der Waals surface area contributed by atoms with Gasteiger partial charge in [0.25, 0.3) is 0 Å². The van der Waals surface area contributed by atoms with Crippen LogP contribution in [0.25, 0.3) is 0 Å². The van der Waals surface area contributed by atoms with Gasteiger partial charge in [0.1, 0.15) is 0 Å². The monoisotopic (exact) mass is 276 g/mol. The summed E-state index contributed by atoms with van der Waals surface area (Å²) in [6.07, 6.45) is 1.06. The zero-order valence-corrected chi connectivity index (χ0v) is 12.3. The second-order valence-electron chi connectivity index (χ2n) is 5.41. The normalized spacial score (nSPS) is 21.9. The summed E-state index contributed by atoms with van der Waals surface area (Å²) in [5.41, 5.74) is 2.35. The SMILES string of the molecule is CCCNC1COCC1C(=O)NCc1cccc(C)c1. The van der Waals surface area contributed by atoms with Crippen LogP contribution >= 0.6 is 0 Å². The van der Waals surface area contributed by atoms with Crippen molar-refractivity contribution in [2.75, 3.05) is 19.8 Å². The molecule has 0 spiro atoms. The molecular weight excluding hydrogens is 252 g/mol. The maximum Gasteiger partial charge on any atom is 0.227 e. The third kappa shape index (κ3) is 4.05. The van der Waals surface area contributed by atoms with Crippen LogP contribution < -0.4 is 10.6 Å². The van der Waals surface area contributed by atoms with Crippen LogP contribution in [0, 0.1) is 12.8 Å². The summed E-state index contributed by atoms with van der Waals surface area (Å²) in [7, 11) is 0. The zero-order chi connectivity index (χ0) is 14.4. The van der Waals surface area contributed by atoms with E-state index in [9.17, 15) is 4.79 Å². The minimum absolute atomic E-state index is 0.0774. The molecule has 1 aromatic rings. The van der Waals surface area contributed by atoms with Crippen molar-refractivity contribution in [2.45, 2.75) is 32.9 Å². The van der Waals surface area contributed by atoms with Gasteiger partial charge in [-0.15, -0.1) is 0 Å². The summed E-state index contributed by atoms with van der Waals surface area (Å²) >= 11 is 0. The molecule has 4 heteroatoms. The molecule has 1 aliphatic heterocycles. The number of nitrogens with one attached hydrogen (secondary N) is 2. The molecule has 20 heavy (non-hydrogen) atoms. The Hall–Kier alpha value is -1.39. The highest BCUT2D eigenvalue weighted by molar-refractivity contribution is 5.79. The van der Waals surface area contributed by atoms with Crippen molar-refractivity contribution in [3.63, 3.8) is 0 Å². The van der Waals surface area contributed by atoms with Gasteiger partial charge in [-0.25, -0.2) is 0 Å². The Morgan fingerprint density at radius 2 is 2.25 bits per heavy atom. The van der Waals surface area contributed by atoms with Crippen LogP contribution in [0.3, 0.4) is 0 Å². The highest BCUT2D eigenvalue weighted by Crippen LogP contribution is 2.14. The summed E-state index contributed by atoms with van der Waals surface area (Å²) in [5.74, 6) is 0.00367. The second-order valence-corrected chi connectivity index (χ2v) is 5.41. The fourth-order valence-corrected chi connectivity index (χ4v) is 2.49. The zero-order valence-electron chi connectivity index (χ0n) is 12.3. The number of aryl methyl sites for hydroxylation is 1. The predicted molar refractivity (Wildman–Crippen MR) is 79.4 cm³/mol. The van der Waals surface area contributed by atoms with Gasteiger partial charge in [-0.3, -0.25) is 4.79 Å². The molecule has 0 aliphatic carbocycles. The van der Waals surface area contributed by atoms with Crippen molar-refractivity contribution in [2.24, 2.45) is 5.92 Å². The molecule has 2 N–H and O–H groups in total. The van der Waals surface area contributed by atoms with E-state index in [2.05, 4.69) is 36.6 Å². The van der Waals surface area contributed by atoms with Gasteiger partial charge in [0.05, 0.1) is 19.1 Å². The molecule has 0 saturated carbocycles. The van der Waals surface area contributed by atoms with E-state index in [1.807, 2.05) is 12.1 Å². The molecule has 2 rings (SSSR count). The fraction of sp³-hybridized carbons (Fsp3) is 0.562. The summed E-state index contributed by atoms with van der Waals surface area (Å²) in [6.45, 7) is 6.83. The van der Waals surface area contributed by atoms with Crippen molar-refractivity contribution in [1.82, 2.24) is 10.6 Å². The number of carbonyl (C=O) groups excluding carboxylic acids is 1. The molecule has 4 nitrogen and oxygen atoms in total. The highest BCUT2D eigenvalue weighted by Gasteiger charge is 2.33. The average molecular weight is 276 g/mol. The lowest BCUT2D eigenvalue weighted by Crippen LogP contribution is -2.44. The van der Waals surface area contributed by atoms with Gasteiger partial charge in [-0.1, -0.05) is 36.8 Å². The fourth-order valence-electron chi connectivity index (χ4n) is 2.49. The lowest BCUT2D eigenvalue weighted by molar-refractivity contribution is -0.125. The number of amides is 1. The Bertz CT molecular complexity index is 448. The van der Waals surface area contributed by atoms with Crippen LogP contribution in [0.15, 0.2) is 24.3 Å². The first-order valence-corrected chi connectivity index (χ1v) is 7.35. The van der Waals surface area contributed by atoms with Gasteiger partial charge in [0.2, 0.25) is 5.91 Å². The molecular formula is C16H24N2O2. The van der Waals surface area contributed by atoms with E-state index in [0.717, 1.165) is 18.5 Å². The van der Waals surface area contributed by atoms with E-state index in [0.29, 0.717) is 19.8 Å². The van der Waals surface area contributed by atoms with E-state index in [-0.39, 0.29) is 17.9 Å². The maximum atomic E-state index is 12.2. The van der Waals surface area contributed by atoms with Gasteiger partial charge >= 0.3 is 0 Å². The molecule has 110 valence electrons. The molecule has 1 amide bonds. The van der Waals surface area contributed by atoms with Crippen LogP contribution in [-0.4, -0.2) is 31.7 Å². The predicted octanol–water partition coefficient (Wildman–Crippen LogP) is 1.63. The minimum Gasteiger partial charge on any atom is -0.379 e. The van der Waals surface area contributed by atoms with Crippen LogP contribution in [0.1, 0.15) is 24.5 Å². The Kier molecular flexibility index (Phi) is 5.56. The number of rotatable bonds is 6. The molecule has 1 saturated heterocycles. The largest absolute Gasteiger partial charge is 0.379 e. The van der Waals surface area contributed by atoms with Crippen molar-refractivity contribution < 1.29 is 9.53 Å². The van der Waals surface area contributed by atoms with Crippen LogP contribution in [-0.2, 0) is 16.1 Å². The van der Waals surface area contributed by atoms with Crippen LogP contribution in [0.2, 0.25) is 0 Å². The summed E-state index contributed by atoms with van der Waals surface area (Å²) in [5, 5.41) is 6.40. The Morgan fingerprint density at radius 1 is 1.40 bits per heavy atom. The third-order valence-electron chi connectivity index (χ3n) is 3.62. The van der Waals surface area contributed by atoms with E-state index in [1.165, 1.54) is 5.56 Å². The molecule has 1 heterocycles. The molecule has 2 atom stereocenters. The molecule has 0 radical (unpaired) electrons. The minimum atomic E-state index is -0.0774. The van der Waals surface area contributed by atoms with Crippen LogP contribution in [0.5, 0.6) is 0 Å². The topological polar surface area (TPSA) is 50.4 Å². The van der Waals surface area contributed by atoms with E-state index in [4.69, 9.17) is 4.74 Å². The third-order valence-corrected chi connectivity index (χ3v) is 3.62. The molecule has 0 aromatic heterocycles. The van der Waals surface area contributed by atoms with Crippen LogP contribution in [0.4, 0.5) is 0 Å². The Morgan fingerprint density at radius 3 is 3.00 bits per heavy atom. The smallest absolute Gasteiger partial charge is 0.227 e. The molecule has 2 unspecified atom stereocenters. The number of hydrogen-bond acceptors (Lipinski definition) is 3. The van der Waals surface area contributed by atoms with Gasteiger partial charge in [-0.2, -0.15) is 0 Å². The number of ether oxygens (including phenoxy) is 1. The van der Waals surface area contributed by atoms with Gasteiger partial charge < -0.3 is 15.4 Å². The lowest BCUT2D eigenvalue weighted by Gasteiger charge is -2.18. The van der Waals surface area contributed by atoms with Crippen molar-refractivity contribution in [3.05, 3.63) is 35.4 Å². The Labute approximate surface area is 120 Å². The number of hydrogen-bond donors (Lipinski definition) is 2. The van der Waals surface area contributed by atoms with Gasteiger partial charge in [0, 0.05) is 12.6 Å². The van der Waals surface area contributed by atoms with E-state index >= 15 is 0 Å². The first kappa shape index (κ1) is 15.0. The van der Waals surface area contributed by atoms with Crippen molar-refractivity contribution >= 4 is 5.91 Å². The number of benzene rings is 1. The molecule has 0 bridgehead atoms. The number of carbonyl (C=O) groups is 1. The van der Waals surface area contributed by atoms with Crippen molar-refractivity contribution in [3.8, 4) is 0 Å². The van der Waals surface area contributed by atoms with Crippen molar-refractivity contribution in [1.29, 1.82) is 0 Å². The van der Waals surface area contributed by atoms with Gasteiger partial charge in [0.15, 0.2) is 0 Å².